The van der Waals surface area contributed by atoms with Crippen LogP contribution in [0.2, 0.25) is 0 Å². The van der Waals surface area contributed by atoms with Crippen LogP contribution in [0.25, 0.3) is 0 Å². The van der Waals surface area contributed by atoms with Gasteiger partial charge in [-0.25, -0.2) is 4.98 Å². The molecule has 0 aliphatic rings. The van der Waals surface area contributed by atoms with Gasteiger partial charge in [0, 0.05) is 6.07 Å². The van der Waals surface area contributed by atoms with Gasteiger partial charge in [0.15, 0.2) is 0 Å². The molecule has 2 aromatic rings. The van der Waals surface area contributed by atoms with E-state index in [4.69, 9.17) is 4.74 Å². The lowest BCUT2D eigenvalue weighted by Crippen LogP contribution is -2.46. The molecule has 0 unspecified atom stereocenters. The minimum Gasteiger partial charge on any atom is -0.481 e. The molecule has 0 spiro atoms. The van der Waals surface area contributed by atoms with E-state index in [2.05, 4.69) is 15.6 Å². The molecule has 23 heavy (non-hydrogen) atoms. The summed E-state index contributed by atoms with van der Waals surface area (Å²) in [4.78, 5) is 29.2. The standard InChI is InChI=1S/C16H19N3O3S/c1-10(2)14(19-15(20)12-5-4-8-23-12)16(21)18-11-6-7-13(22-3)17-9-11/h4-10,14H,1-3H3,(H,18,21)(H,19,20)/t14-/m0/s1. The first-order valence-electron chi connectivity index (χ1n) is 7.16. The summed E-state index contributed by atoms with van der Waals surface area (Å²) in [6.45, 7) is 3.76. The van der Waals surface area contributed by atoms with Gasteiger partial charge in [-0.05, 0) is 23.4 Å². The number of rotatable bonds is 6. The average molecular weight is 333 g/mol. The maximum Gasteiger partial charge on any atom is 0.262 e. The molecule has 1 atom stereocenters. The van der Waals surface area contributed by atoms with Crippen LogP contribution in [0.5, 0.6) is 5.88 Å². The Morgan fingerprint density at radius 3 is 2.57 bits per heavy atom. The molecular weight excluding hydrogens is 314 g/mol. The number of carbonyl (C=O) groups excluding carboxylic acids is 2. The second-order valence-electron chi connectivity index (χ2n) is 5.25. The number of anilines is 1. The smallest absolute Gasteiger partial charge is 0.262 e. The summed E-state index contributed by atoms with van der Waals surface area (Å²) >= 11 is 1.34. The summed E-state index contributed by atoms with van der Waals surface area (Å²) in [5, 5.41) is 7.35. The summed E-state index contributed by atoms with van der Waals surface area (Å²) < 4.78 is 4.97. The molecule has 7 heteroatoms. The summed E-state index contributed by atoms with van der Waals surface area (Å²) in [6.07, 6.45) is 1.51. The molecule has 0 aliphatic heterocycles. The van der Waals surface area contributed by atoms with Crippen LogP contribution in [0, 0.1) is 5.92 Å². The average Bonchev–Trinajstić information content (AvgIpc) is 3.07. The van der Waals surface area contributed by atoms with E-state index in [0.29, 0.717) is 16.4 Å². The molecule has 122 valence electrons. The van der Waals surface area contributed by atoms with Crippen LogP contribution in [0.15, 0.2) is 35.8 Å². The zero-order valence-electron chi connectivity index (χ0n) is 13.2. The van der Waals surface area contributed by atoms with Crippen molar-refractivity contribution in [3.63, 3.8) is 0 Å². The molecule has 2 rings (SSSR count). The zero-order chi connectivity index (χ0) is 16.8. The maximum atomic E-state index is 12.4. The number of nitrogens with zero attached hydrogens (tertiary/aromatic N) is 1. The summed E-state index contributed by atoms with van der Waals surface area (Å²) in [7, 11) is 1.52. The molecule has 2 N–H and O–H groups in total. The van der Waals surface area contributed by atoms with E-state index >= 15 is 0 Å². The van der Waals surface area contributed by atoms with Crippen LogP contribution in [-0.2, 0) is 4.79 Å². The van der Waals surface area contributed by atoms with Crippen LogP contribution in [0.4, 0.5) is 5.69 Å². The van der Waals surface area contributed by atoms with Gasteiger partial charge in [0.2, 0.25) is 11.8 Å². The number of methoxy groups -OCH3 is 1. The van der Waals surface area contributed by atoms with E-state index in [0.717, 1.165) is 0 Å². The van der Waals surface area contributed by atoms with E-state index < -0.39 is 6.04 Å². The van der Waals surface area contributed by atoms with Gasteiger partial charge >= 0.3 is 0 Å². The number of hydrogen-bond acceptors (Lipinski definition) is 5. The predicted octanol–water partition coefficient (Wildman–Crippen LogP) is 2.54. The van der Waals surface area contributed by atoms with Gasteiger partial charge in [0.05, 0.1) is 23.9 Å². The van der Waals surface area contributed by atoms with Crippen molar-refractivity contribution in [3.8, 4) is 5.88 Å². The van der Waals surface area contributed by atoms with Crippen molar-refractivity contribution in [2.24, 2.45) is 5.92 Å². The minimum atomic E-state index is -0.633. The number of thiophene rings is 1. The highest BCUT2D eigenvalue weighted by molar-refractivity contribution is 7.12. The van der Waals surface area contributed by atoms with E-state index in [9.17, 15) is 9.59 Å². The quantitative estimate of drug-likeness (QED) is 0.851. The van der Waals surface area contributed by atoms with Crippen LogP contribution in [0.3, 0.4) is 0 Å². The lowest BCUT2D eigenvalue weighted by Gasteiger charge is -2.21. The molecule has 0 fully saturated rings. The van der Waals surface area contributed by atoms with Crippen molar-refractivity contribution in [3.05, 3.63) is 40.7 Å². The number of carbonyl (C=O) groups is 2. The second kappa shape index (κ2) is 7.73. The molecule has 0 saturated carbocycles. The normalized spacial score (nSPS) is 11.8. The maximum absolute atomic E-state index is 12.4. The third kappa shape index (κ3) is 4.53. The molecular formula is C16H19N3O3S. The third-order valence-corrected chi connectivity index (χ3v) is 4.06. The number of hydrogen-bond donors (Lipinski definition) is 2. The molecule has 6 nitrogen and oxygen atoms in total. The molecule has 2 amide bonds. The minimum absolute atomic E-state index is 0.0508. The summed E-state index contributed by atoms with van der Waals surface area (Å²) in [5.74, 6) is -0.113. The highest BCUT2D eigenvalue weighted by Gasteiger charge is 2.25. The van der Waals surface area contributed by atoms with E-state index in [1.54, 1.807) is 24.3 Å². The third-order valence-electron chi connectivity index (χ3n) is 3.19. The number of aromatic nitrogens is 1. The Balaban J connectivity index is 2.04. The summed E-state index contributed by atoms with van der Waals surface area (Å²) in [5.41, 5.74) is 0.548. The number of pyridine rings is 1. The van der Waals surface area contributed by atoms with Gasteiger partial charge in [0.1, 0.15) is 6.04 Å². The molecule has 0 saturated heterocycles. The first kappa shape index (κ1) is 17.0. The lowest BCUT2D eigenvalue weighted by atomic mass is 10.0. The number of nitrogens with one attached hydrogen (secondary N) is 2. The molecule has 2 heterocycles. The molecule has 0 radical (unpaired) electrons. The van der Waals surface area contributed by atoms with Crippen LogP contribution in [0.1, 0.15) is 23.5 Å². The van der Waals surface area contributed by atoms with E-state index in [-0.39, 0.29) is 17.7 Å². The Morgan fingerprint density at radius 2 is 2.04 bits per heavy atom. The van der Waals surface area contributed by atoms with Crippen LogP contribution >= 0.6 is 11.3 Å². The van der Waals surface area contributed by atoms with Crippen molar-refractivity contribution in [2.75, 3.05) is 12.4 Å². The SMILES string of the molecule is COc1ccc(NC(=O)[C@@H](NC(=O)c2cccs2)C(C)C)cn1. The van der Waals surface area contributed by atoms with Crippen molar-refractivity contribution in [1.82, 2.24) is 10.3 Å². The molecule has 0 aliphatic carbocycles. The second-order valence-corrected chi connectivity index (χ2v) is 6.20. The van der Waals surface area contributed by atoms with Crippen molar-refractivity contribution in [1.29, 1.82) is 0 Å². The van der Waals surface area contributed by atoms with Gasteiger partial charge in [-0.2, -0.15) is 0 Å². The fourth-order valence-corrected chi connectivity index (χ4v) is 2.58. The number of ether oxygens (including phenoxy) is 1. The predicted molar refractivity (Wildman–Crippen MR) is 89.8 cm³/mol. The van der Waals surface area contributed by atoms with Gasteiger partial charge in [-0.3, -0.25) is 9.59 Å². The fraction of sp³-hybridized carbons (Fsp3) is 0.312. The van der Waals surface area contributed by atoms with Crippen LogP contribution < -0.4 is 15.4 Å². The Kier molecular flexibility index (Phi) is 5.70. The zero-order valence-corrected chi connectivity index (χ0v) is 14.0. The van der Waals surface area contributed by atoms with Crippen molar-refractivity contribution in [2.45, 2.75) is 19.9 Å². The Morgan fingerprint density at radius 1 is 1.26 bits per heavy atom. The first-order chi connectivity index (χ1) is 11.0. The van der Waals surface area contributed by atoms with Crippen LogP contribution in [-0.4, -0.2) is 29.9 Å². The van der Waals surface area contributed by atoms with E-state index in [1.807, 2.05) is 19.2 Å². The van der Waals surface area contributed by atoms with Crippen molar-refractivity contribution >= 4 is 28.8 Å². The van der Waals surface area contributed by atoms with Gasteiger partial charge in [-0.1, -0.05) is 19.9 Å². The van der Waals surface area contributed by atoms with Crippen molar-refractivity contribution < 1.29 is 14.3 Å². The molecule has 2 aromatic heterocycles. The highest BCUT2D eigenvalue weighted by Crippen LogP contribution is 2.14. The first-order valence-corrected chi connectivity index (χ1v) is 8.04. The Bertz CT molecular complexity index is 654. The Hall–Kier alpha value is -2.41. The fourth-order valence-electron chi connectivity index (χ4n) is 1.95. The highest BCUT2D eigenvalue weighted by atomic mass is 32.1. The largest absolute Gasteiger partial charge is 0.481 e. The molecule has 0 aromatic carbocycles. The topological polar surface area (TPSA) is 80.3 Å². The molecule has 0 bridgehead atoms. The monoisotopic (exact) mass is 333 g/mol. The van der Waals surface area contributed by atoms with Gasteiger partial charge in [0.25, 0.3) is 5.91 Å². The van der Waals surface area contributed by atoms with E-state index in [1.165, 1.54) is 24.6 Å². The Labute approximate surface area is 138 Å². The lowest BCUT2D eigenvalue weighted by molar-refractivity contribution is -0.118. The van der Waals surface area contributed by atoms with Gasteiger partial charge in [-0.15, -0.1) is 11.3 Å². The number of amides is 2. The van der Waals surface area contributed by atoms with Gasteiger partial charge < -0.3 is 15.4 Å². The summed E-state index contributed by atoms with van der Waals surface area (Å²) in [6, 6.07) is 6.24.